The highest BCUT2D eigenvalue weighted by molar-refractivity contribution is 14.0. The summed E-state index contributed by atoms with van der Waals surface area (Å²) in [5.41, 5.74) is 1.33. The van der Waals surface area contributed by atoms with Gasteiger partial charge in [-0.1, -0.05) is 27.7 Å². The minimum Gasteiger partial charge on any atom is -0.357 e. The molecule has 1 aromatic heterocycles. The lowest BCUT2D eigenvalue weighted by Gasteiger charge is -2.33. The van der Waals surface area contributed by atoms with Gasteiger partial charge in [-0.25, -0.2) is 4.98 Å². The lowest BCUT2D eigenvalue weighted by Crippen LogP contribution is -2.45. The van der Waals surface area contributed by atoms with E-state index in [0.717, 1.165) is 44.5 Å². The Kier molecular flexibility index (Phi) is 8.98. The maximum Gasteiger partial charge on any atom is 0.193 e. The summed E-state index contributed by atoms with van der Waals surface area (Å²) in [7, 11) is 0. The zero-order valence-electron chi connectivity index (χ0n) is 15.8. The number of hydrogen-bond donors (Lipinski definition) is 1. The van der Waals surface area contributed by atoms with Gasteiger partial charge in [0.2, 0.25) is 0 Å². The largest absolute Gasteiger partial charge is 0.357 e. The van der Waals surface area contributed by atoms with Crippen LogP contribution >= 0.6 is 35.3 Å². The molecule has 0 bridgehead atoms. The molecule has 4 nitrogen and oxygen atoms in total. The van der Waals surface area contributed by atoms with Crippen molar-refractivity contribution in [2.45, 2.75) is 59.3 Å². The quantitative estimate of drug-likeness (QED) is 0.411. The molecule has 1 fully saturated rings. The summed E-state index contributed by atoms with van der Waals surface area (Å²) in [5, 5.41) is 6.83. The van der Waals surface area contributed by atoms with E-state index in [2.05, 4.69) is 50.2 Å². The van der Waals surface area contributed by atoms with E-state index < -0.39 is 0 Å². The van der Waals surface area contributed by atoms with Crippen molar-refractivity contribution in [2.75, 3.05) is 26.2 Å². The number of aromatic nitrogens is 1. The minimum absolute atomic E-state index is 0. The summed E-state index contributed by atoms with van der Waals surface area (Å²) in [5.74, 6) is 1.92. The van der Waals surface area contributed by atoms with Crippen molar-refractivity contribution in [2.24, 2.45) is 10.9 Å². The molecule has 0 aliphatic carbocycles. The first-order valence-corrected chi connectivity index (χ1v) is 9.76. The van der Waals surface area contributed by atoms with Crippen LogP contribution in [-0.4, -0.2) is 42.0 Å². The Morgan fingerprint density at radius 2 is 2.04 bits per heavy atom. The summed E-state index contributed by atoms with van der Waals surface area (Å²) in [6.45, 7) is 15.1. The fourth-order valence-corrected chi connectivity index (χ4v) is 3.69. The maximum absolute atomic E-state index is 4.83. The lowest BCUT2D eigenvalue weighted by molar-refractivity contribution is 0.273. The molecule has 1 aliphatic rings. The third-order valence-corrected chi connectivity index (χ3v) is 5.23. The number of halogens is 1. The third-order valence-electron chi connectivity index (χ3n) is 4.33. The molecule has 0 amide bonds. The van der Waals surface area contributed by atoms with Gasteiger partial charge in [-0.3, -0.25) is 4.99 Å². The molecular formula is C18H33IN4S. The number of aliphatic imine (C=N–C) groups is 1. The van der Waals surface area contributed by atoms with Gasteiger partial charge in [0.25, 0.3) is 0 Å². The predicted octanol–water partition coefficient (Wildman–Crippen LogP) is 4.30. The molecule has 1 aliphatic heterocycles. The smallest absolute Gasteiger partial charge is 0.193 e. The third kappa shape index (κ3) is 6.50. The lowest BCUT2D eigenvalue weighted by atomic mass is 9.93. The maximum atomic E-state index is 4.83. The number of thiazole rings is 1. The molecular weight excluding hydrogens is 431 g/mol. The summed E-state index contributed by atoms with van der Waals surface area (Å²) >= 11 is 1.76. The highest BCUT2D eigenvalue weighted by atomic mass is 127. The van der Waals surface area contributed by atoms with Crippen LogP contribution in [0.25, 0.3) is 0 Å². The molecule has 0 radical (unpaired) electrons. The molecule has 0 saturated carbocycles. The van der Waals surface area contributed by atoms with Gasteiger partial charge in [-0.15, -0.1) is 35.3 Å². The second-order valence-electron chi connectivity index (χ2n) is 7.53. The molecule has 1 aromatic rings. The molecule has 2 rings (SSSR count). The Bertz CT molecular complexity index is 513. The van der Waals surface area contributed by atoms with Gasteiger partial charge in [-0.05, 0) is 25.7 Å². The molecule has 0 unspecified atom stereocenters. The van der Waals surface area contributed by atoms with Crippen molar-refractivity contribution >= 4 is 41.3 Å². The molecule has 2 heterocycles. The molecule has 0 atom stereocenters. The molecule has 1 N–H and O–H groups in total. The first-order chi connectivity index (χ1) is 10.9. The van der Waals surface area contributed by atoms with Crippen molar-refractivity contribution < 1.29 is 0 Å². The Morgan fingerprint density at radius 3 is 2.58 bits per heavy atom. The molecule has 24 heavy (non-hydrogen) atoms. The van der Waals surface area contributed by atoms with Crippen LogP contribution < -0.4 is 5.32 Å². The highest BCUT2D eigenvalue weighted by Gasteiger charge is 2.19. The van der Waals surface area contributed by atoms with Crippen LogP contribution in [0.5, 0.6) is 0 Å². The van der Waals surface area contributed by atoms with Crippen LogP contribution in [0, 0.1) is 5.92 Å². The monoisotopic (exact) mass is 464 g/mol. The van der Waals surface area contributed by atoms with Crippen molar-refractivity contribution in [1.29, 1.82) is 0 Å². The SMILES string of the molecule is CCNC(=NCCc1nc(C(C)(C)C)cs1)N1CCC(C)CC1.I. The van der Waals surface area contributed by atoms with Gasteiger partial charge in [0.1, 0.15) is 0 Å². The van der Waals surface area contributed by atoms with Crippen molar-refractivity contribution in [1.82, 2.24) is 15.2 Å². The number of likely N-dealkylation sites (tertiary alicyclic amines) is 1. The van der Waals surface area contributed by atoms with Crippen LogP contribution in [0.2, 0.25) is 0 Å². The zero-order chi connectivity index (χ0) is 16.9. The Hall–Kier alpha value is -0.370. The molecule has 138 valence electrons. The Labute approximate surface area is 168 Å². The van der Waals surface area contributed by atoms with E-state index in [1.807, 2.05) is 0 Å². The molecule has 0 aromatic carbocycles. The average Bonchev–Trinajstić information content (AvgIpc) is 2.96. The number of guanidine groups is 1. The van der Waals surface area contributed by atoms with Gasteiger partial charge in [-0.2, -0.15) is 0 Å². The van der Waals surface area contributed by atoms with E-state index in [4.69, 9.17) is 9.98 Å². The van der Waals surface area contributed by atoms with E-state index in [1.54, 1.807) is 11.3 Å². The minimum atomic E-state index is 0. The van der Waals surface area contributed by atoms with Crippen LogP contribution in [0.15, 0.2) is 10.4 Å². The van der Waals surface area contributed by atoms with Crippen LogP contribution in [0.4, 0.5) is 0 Å². The zero-order valence-corrected chi connectivity index (χ0v) is 18.9. The van der Waals surface area contributed by atoms with Gasteiger partial charge in [0.05, 0.1) is 10.7 Å². The van der Waals surface area contributed by atoms with Crippen molar-refractivity contribution in [3.05, 3.63) is 16.1 Å². The fraction of sp³-hybridized carbons (Fsp3) is 0.778. The summed E-state index contributed by atoms with van der Waals surface area (Å²) in [6, 6.07) is 0. The van der Waals surface area contributed by atoms with E-state index >= 15 is 0 Å². The number of hydrogen-bond acceptors (Lipinski definition) is 3. The van der Waals surface area contributed by atoms with Crippen molar-refractivity contribution in [3.63, 3.8) is 0 Å². The normalized spacial score (nSPS) is 16.9. The number of nitrogens with zero attached hydrogens (tertiary/aromatic N) is 3. The number of rotatable bonds is 4. The van der Waals surface area contributed by atoms with Crippen LogP contribution in [0.1, 0.15) is 58.2 Å². The first-order valence-electron chi connectivity index (χ1n) is 8.88. The molecule has 1 saturated heterocycles. The molecule has 0 spiro atoms. The topological polar surface area (TPSA) is 40.5 Å². The number of piperidine rings is 1. The predicted molar refractivity (Wildman–Crippen MR) is 116 cm³/mol. The second kappa shape index (κ2) is 9.94. The molecule has 6 heteroatoms. The summed E-state index contributed by atoms with van der Waals surface area (Å²) in [4.78, 5) is 12.0. The Morgan fingerprint density at radius 1 is 1.38 bits per heavy atom. The van der Waals surface area contributed by atoms with Gasteiger partial charge in [0, 0.05) is 43.4 Å². The standard InChI is InChI=1S/C18H32N4S.HI/c1-6-19-17(22-11-8-14(2)9-12-22)20-10-7-16-21-15(13-23-16)18(3,4)5;/h13-14H,6-12H2,1-5H3,(H,19,20);1H. The summed E-state index contributed by atoms with van der Waals surface area (Å²) in [6.07, 6.45) is 3.47. The van der Waals surface area contributed by atoms with E-state index in [1.165, 1.54) is 23.5 Å². The first kappa shape index (κ1) is 21.7. The number of nitrogens with one attached hydrogen (secondary N) is 1. The van der Waals surface area contributed by atoms with E-state index in [-0.39, 0.29) is 29.4 Å². The fourth-order valence-electron chi connectivity index (χ4n) is 2.67. The summed E-state index contributed by atoms with van der Waals surface area (Å²) < 4.78 is 0. The van der Waals surface area contributed by atoms with Crippen LogP contribution in [0.3, 0.4) is 0 Å². The van der Waals surface area contributed by atoms with Crippen molar-refractivity contribution in [3.8, 4) is 0 Å². The van der Waals surface area contributed by atoms with Gasteiger partial charge in [0.15, 0.2) is 5.96 Å². The van der Waals surface area contributed by atoms with Gasteiger partial charge >= 0.3 is 0 Å². The van der Waals surface area contributed by atoms with E-state index in [0.29, 0.717) is 0 Å². The van der Waals surface area contributed by atoms with E-state index in [9.17, 15) is 0 Å². The van der Waals surface area contributed by atoms with Crippen LogP contribution in [-0.2, 0) is 11.8 Å². The highest BCUT2D eigenvalue weighted by Crippen LogP contribution is 2.24. The second-order valence-corrected chi connectivity index (χ2v) is 8.47. The average molecular weight is 464 g/mol. The van der Waals surface area contributed by atoms with Gasteiger partial charge < -0.3 is 10.2 Å². The Balaban J connectivity index is 0.00000288.